The van der Waals surface area contributed by atoms with E-state index in [0.717, 1.165) is 6.26 Å². The minimum absolute atomic E-state index is 0.259. The average molecular weight is 317 g/mol. The summed E-state index contributed by atoms with van der Waals surface area (Å²) in [6, 6.07) is 2.60. The van der Waals surface area contributed by atoms with Gasteiger partial charge in [-0.1, -0.05) is 0 Å². The lowest BCUT2D eigenvalue weighted by Gasteiger charge is -2.29. The van der Waals surface area contributed by atoms with Crippen LogP contribution in [-0.4, -0.2) is 79.8 Å². The first-order chi connectivity index (χ1) is 10.3. The van der Waals surface area contributed by atoms with E-state index in [0.29, 0.717) is 0 Å². The van der Waals surface area contributed by atoms with Crippen molar-refractivity contribution >= 4 is 12.1 Å². The molecular formula is C13H17O9. The second kappa shape index (κ2) is 8.13. The summed E-state index contributed by atoms with van der Waals surface area (Å²) in [7, 11) is 0. The standard InChI is InChI=1S/C13H17O9/c14-4-6(9(17)8-2-1-3-22-8)10(18)12(20)13(21)11(19)7(16)5-15/h1-3,6-7,10-13,15-16,18-21H,5H2/t6?,7-,10?,11-,12+,13+/m1/s1. The van der Waals surface area contributed by atoms with Crippen LogP contribution in [0, 0.1) is 5.92 Å². The monoisotopic (exact) mass is 317 g/mol. The molecule has 0 fully saturated rings. The summed E-state index contributed by atoms with van der Waals surface area (Å²) >= 11 is 0. The van der Waals surface area contributed by atoms with Crippen LogP contribution in [0.3, 0.4) is 0 Å². The van der Waals surface area contributed by atoms with E-state index >= 15 is 0 Å². The smallest absolute Gasteiger partial charge is 0.212 e. The van der Waals surface area contributed by atoms with E-state index < -0.39 is 48.8 Å². The molecule has 0 aliphatic rings. The second-order valence-corrected chi connectivity index (χ2v) is 4.65. The van der Waals surface area contributed by atoms with Gasteiger partial charge < -0.3 is 35.1 Å². The highest BCUT2D eigenvalue weighted by atomic mass is 16.4. The first-order valence-corrected chi connectivity index (χ1v) is 6.31. The molecule has 0 amide bonds. The Morgan fingerprint density at radius 1 is 1.09 bits per heavy atom. The topological polar surface area (TPSA) is 169 Å². The van der Waals surface area contributed by atoms with Crippen LogP contribution in [0.25, 0.3) is 0 Å². The quantitative estimate of drug-likeness (QED) is 0.205. The molecule has 1 heterocycles. The van der Waals surface area contributed by atoms with Gasteiger partial charge in [0.15, 0.2) is 5.76 Å². The van der Waals surface area contributed by atoms with E-state index in [1.165, 1.54) is 18.4 Å². The number of rotatable bonds is 9. The van der Waals surface area contributed by atoms with Crippen molar-refractivity contribution in [3.63, 3.8) is 0 Å². The molecule has 9 heteroatoms. The summed E-state index contributed by atoms with van der Waals surface area (Å²) in [5.41, 5.74) is 0. The molecule has 0 aliphatic heterocycles. The lowest BCUT2D eigenvalue weighted by atomic mass is 9.89. The largest absolute Gasteiger partial charge is 0.461 e. The second-order valence-electron chi connectivity index (χ2n) is 4.65. The number of hydrogen-bond donors (Lipinski definition) is 6. The Bertz CT molecular complexity index is 472. The normalized spacial score (nSPS) is 19.7. The Morgan fingerprint density at radius 3 is 2.14 bits per heavy atom. The van der Waals surface area contributed by atoms with Crippen LogP contribution >= 0.6 is 0 Å². The highest BCUT2D eigenvalue weighted by molar-refractivity contribution is 6.04. The fourth-order valence-corrected chi connectivity index (χ4v) is 1.79. The number of carbonyl (C=O) groups excluding carboxylic acids is 2. The summed E-state index contributed by atoms with van der Waals surface area (Å²) in [6.07, 6.45) is -7.76. The minimum Gasteiger partial charge on any atom is -0.461 e. The molecule has 1 rings (SSSR count). The van der Waals surface area contributed by atoms with Gasteiger partial charge in [0.2, 0.25) is 12.1 Å². The molecule has 1 radical (unpaired) electrons. The van der Waals surface area contributed by atoms with Crippen molar-refractivity contribution in [2.75, 3.05) is 6.61 Å². The van der Waals surface area contributed by atoms with Crippen LogP contribution < -0.4 is 0 Å². The zero-order valence-electron chi connectivity index (χ0n) is 11.3. The van der Waals surface area contributed by atoms with E-state index in [2.05, 4.69) is 0 Å². The van der Waals surface area contributed by atoms with Gasteiger partial charge in [-0.2, -0.15) is 0 Å². The zero-order chi connectivity index (χ0) is 16.9. The van der Waals surface area contributed by atoms with Crippen molar-refractivity contribution in [2.24, 2.45) is 5.92 Å². The zero-order valence-corrected chi connectivity index (χ0v) is 11.3. The average Bonchev–Trinajstić information content (AvgIpc) is 3.06. The van der Waals surface area contributed by atoms with E-state index in [1.807, 2.05) is 0 Å². The van der Waals surface area contributed by atoms with Gasteiger partial charge in [0.1, 0.15) is 36.4 Å². The number of furan rings is 1. The number of Topliss-reactive ketones (excluding diaryl/α,β-unsaturated/α-hetero) is 1. The van der Waals surface area contributed by atoms with E-state index in [4.69, 9.17) is 9.52 Å². The fourth-order valence-electron chi connectivity index (χ4n) is 1.79. The van der Waals surface area contributed by atoms with Crippen molar-refractivity contribution in [3.05, 3.63) is 24.2 Å². The predicted molar refractivity (Wildman–Crippen MR) is 69.3 cm³/mol. The maximum Gasteiger partial charge on any atom is 0.212 e. The van der Waals surface area contributed by atoms with Crippen molar-refractivity contribution in [3.8, 4) is 0 Å². The predicted octanol–water partition coefficient (Wildman–Crippen LogP) is -3.02. The SMILES string of the molecule is O=[C]C(C(=O)c1ccco1)C(O)[C@H](O)[C@@H](O)[C@H](O)[C@H](O)CO. The third kappa shape index (κ3) is 3.97. The van der Waals surface area contributed by atoms with Crippen LogP contribution in [0.2, 0.25) is 0 Å². The Labute approximate surface area is 125 Å². The number of ketones is 1. The molecule has 6 N–H and O–H groups in total. The van der Waals surface area contributed by atoms with Gasteiger partial charge >= 0.3 is 0 Å². The summed E-state index contributed by atoms with van der Waals surface area (Å²) in [5.74, 6) is -3.10. The van der Waals surface area contributed by atoms with Gasteiger partial charge in [-0.05, 0) is 12.1 Å². The van der Waals surface area contributed by atoms with Crippen LogP contribution in [0.15, 0.2) is 22.8 Å². The first kappa shape index (κ1) is 18.4. The van der Waals surface area contributed by atoms with E-state index in [-0.39, 0.29) is 5.76 Å². The number of hydrogen-bond acceptors (Lipinski definition) is 9. The van der Waals surface area contributed by atoms with Crippen molar-refractivity contribution in [2.45, 2.75) is 30.5 Å². The summed E-state index contributed by atoms with van der Waals surface area (Å²) in [4.78, 5) is 22.8. The Hall–Kier alpha value is -1.62. The molecule has 9 nitrogen and oxygen atoms in total. The lowest BCUT2D eigenvalue weighted by molar-refractivity contribution is -0.142. The van der Waals surface area contributed by atoms with Crippen molar-refractivity contribution in [1.29, 1.82) is 0 Å². The Morgan fingerprint density at radius 2 is 1.68 bits per heavy atom. The third-order valence-corrected chi connectivity index (χ3v) is 3.15. The molecule has 0 aromatic carbocycles. The molecule has 0 saturated carbocycles. The van der Waals surface area contributed by atoms with Crippen molar-refractivity contribution in [1.82, 2.24) is 0 Å². The molecule has 6 atom stereocenters. The highest BCUT2D eigenvalue weighted by Gasteiger charge is 2.41. The van der Waals surface area contributed by atoms with Crippen LogP contribution in [0.5, 0.6) is 0 Å². The van der Waals surface area contributed by atoms with Crippen LogP contribution in [-0.2, 0) is 4.79 Å². The molecule has 0 spiro atoms. The molecular weight excluding hydrogens is 300 g/mol. The molecule has 0 aliphatic carbocycles. The number of aliphatic hydroxyl groups excluding tert-OH is 6. The molecule has 2 unspecified atom stereocenters. The summed E-state index contributed by atoms with van der Waals surface area (Å²) in [5, 5.41) is 56.5. The molecule has 1 aromatic rings. The van der Waals surface area contributed by atoms with E-state index in [1.54, 1.807) is 0 Å². The van der Waals surface area contributed by atoms with Gasteiger partial charge in [0.05, 0.1) is 12.9 Å². The molecule has 0 saturated heterocycles. The van der Waals surface area contributed by atoms with Gasteiger partial charge in [-0.25, -0.2) is 0 Å². The highest BCUT2D eigenvalue weighted by Crippen LogP contribution is 2.18. The summed E-state index contributed by atoms with van der Waals surface area (Å²) in [6.45, 7) is -0.907. The van der Waals surface area contributed by atoms with Crippen LogP contribution in [0.4, 0.5) is 0 Å². The first-order valence-electron chi connectivity index (χ1n) is 6.31. The van der Waals surface area contributed by atoms with Gasteiger partial charge in [0, 0.05) is 0 Å². The molecule has 0 bridgehead atoms. The molecule has 22 heavy (non-hydrogen) atoms. The van der Waals surface area contributed by atoms with Crippen molar-refractivity contribution < 1.29 is 44.6 Å². The van der Waals surface area contributed by atoms with Crippen LogP contribution in [0.1, 0.15) is 10.6 Å². The fraction of sp³-hybridized carbons (Fsp3) is 0.538. The van der Waals surface area contributed by atoms with Gasteiger partial charge in [-0.3, -0.25) is 9.59 Å². The maximum absolute atomic E-state index is 11.9. The molecule has 1 aromatic heterocycles. The van der Waals surface area contributed by atoms with E-state index in [9.17, 15) is 35.1 Å². The number of carbonyl (C=O) groups is 1. The van der Waals surface area contributed by atoms with Gasteiger partial charge in [0.25, 0.3) is 0 Å². The lowest BCUT2D eigenvalue weighted by Crippen LogP contribution is -2.52. The molecule has 123 valence electrons. The van der Waals surface area contributed by atoms with Gasteiger partial charge in [-0.15, -0.1) is 0 Å². The maximum atomic E-state index is 11.9. The summed E-state index contributed by atoms with van der Waals surface area (Å²) < 4.78 is 4.77. The Balaban J connectivity index is 2.84. The Kier molecular flexibility index (Phi) is 6.81. The number of aliphatic hydroxyl groups is 6. The third-order valence-electron chi connectivity index (χ3n) is 3.15. The minimum atomic E-state index is -2.15.